The lowest BCUT2D eigenvalue weighted by atomic mass is 10.1. The predicted octanol–water partition coefficient (Wildman–Crippen LogP) is 3.64. The summed E-state index contributed by atoms with van der Waals surface area (Å²) in [6.45, 7) is 5.97. The van der Waals surface area contributed by atoms with Gasteiger partial charge in [-0.05, 0) is 38.4 Å². The Balaban J connectivity index is 1.59. The van der Waals surface area contributed by atoms with E-state index in [1.807, 2.05) is 12.3 Å². The quantitative estimate of drug-likeness (QED) is 0.731. The first kappa shape index (κ1) is 14.2. The SMILES string of the molecule is Cc1nc(CNCCc2cccc3cccnc23)sc1C. The van der Waals surface area contributed by atoms with E-state index in [0.717, 1.165) is 30.7 Å². The Hall–Kier alpha value is -1.78. The van der Waals surface area contributed by atoms with Crippen LogP contribution in [-0.4, -0.2) is 16.5 Å². The molecule has 0 aliphatic rings. The van der Waals surface area contributed by atoms with Crippen LogP contribution in [0.3, 0.4) is 0 Å². The van der Waals surface area contributed by atoms with Crippen molar-refractivity contribution in [2.45, 2.75) is 26.8 Å². The fourth-order valence-corrected chi connectivity index (χ4v) is 3.31. The van der Waals surface area contributed by atoms with Gasteiger partial charge in [-0.2, -0.15) is 0 Å². The lowest BCUT2D eigenvalue weighted by Gasteiger charge is -2.06. The van der Waals surface area contributed by atoms with Crippen molar-refractivity contribution in [3.8, 4) is 0 Å². The molecule has 3 aromatic rings. The average molecular weight is 297 g/mol. The lowest BCUT2D eigenvalue weighted by Crippen LogP contribution is -2.16. The molecule has 3 nitrogen and oxygen atoms in total. The predicted molar refractivity (Wildman–Crippen MR) is 88.7 cm³/mol. The monoisotopic (exact) mass is 297 g/mol. The number of aromatic nitrogens is 2. The molecule has 0 unspecified atom stereocenters. The number of fused-ring (bicyclic) bond motifs is 1. The number of rotatable bonds is 5. The zero-order valence-electron chi connectivity index (χ0n) is 12.4. The van der Waals surface area contributed by atoms with Crippen LogP contribution in [0.15, 0.2) is 36.5 Å². The second-order valence-corrected chi connectivity index (χ2v) is 6.46. The zero-order chi connectivity index (χ0) is 14.7. The molecular weight excluding hydrogens is 278 g/mol. The molecular formula is C17H19N3S. The molecule has 4 heteroatoms. The second-order valence-electron chi connectivity index (χ2n) is 5.17. The van der Waals surface area contributed by atoms with E-state index in [-0.39, 0.29) is 0 Å². The number of benzene rings is 1. The van der Waals surface area contributed by atoms with E-state index in [1.54, 1.807) is 11.3 Å². The average Bonchev–Trinajstić information content (AvgIpc) is 2.82. The van der Waals surface area contributed by atoms with Gasteiger partial charge >= 0.3 is 0 Å². The minimum absolute atomic E-state index is 0.845. The van der Waals surface area contributed by atoms with E-state index in [9.17, 15) is 0 Å². The first-order chi connectivity index (χ1) is 10.2. The Morgan fingerprint density at radius 3 is 2.81 bits per heavy atom. The number of thiazole rings is 1. The van der Waals surface area contributed by atoms with Crippen LogP contribution in [0.5, 0.6) is 0 Å². The van der Waals surface area contributed by atoms with Crippen LogP contribution in [0.25, 0.3) is 10.9 Å². The van der Waals surface area contributed by atoms with Gasteiger partial charge in [0.2, 0.25) is 0 Å². The molecule has 0 atom stereocenters. The van der Waals surface area contributed by atoms with Crippen molar-refractivity contribution in [3.05, 3.63) is 57.7 Å². The maximum Gasteiger partial charge on any atom is 0.107 e. The van der Waals surface area contributed by atoms with E-state index >= 15 is 0 Å². The van der Waals surface area contributed by atoms with Gasteiger partial charge in [0.15, 0.2) is 0 Å². The molecule has 0 saturated carbocycles. The molecule has 0 radical (unpaired) electrons. The van der Waals surface area contributed by atoms with Gasteiger partial charge in [-0.25, -0.2) is 4.98 Å². The van der Waals surface area contributed by atoms with Crippen molar-refractivity contribution < 1.29 is 0 Å². The van der Waals surface area contributed by atoms with Gasteiger partial charge in [-0.3, -0.25) is 4.98 Å². The molecule has 0 bridgehead atoms. The number of aryl methyl sites for hydroxylation is 2. The third-order valence-electron chi connectivity index (χ3n) is 3.64. The van der Waals surface area contributed by atoms with Gasteiger partial charge in [0.25, 0.3) is 0 Å². The van der Waals surface area contributed by atoms with Crippen molar-refractivity contribution in [3.63, 3.8) is 0 Å². The molecule has 3 rings (SSSR count). The first-order valence-corrected chi connectivity index (χ1v) is 8.02. The van der Waals surface area contributed by atoms with Crippen molar-refractivity contribution in [2.24, 2.45) is 0 Å². The third-order valence-corrected chi connectivity index (χ3v) is 4.71. The van der Waals surface area contributed by atoms with E-state index in [0.29, 0.717) is 0 Å². The van der Waals surface area contributed by atoms with E-state index in [1.165, 1.54) is 20.8 Å². The van der Waals surface area contributed by atoms with Crippen molar-refractivity contribution in [1.29, 1.82) is 0 Å². The summed E-state index contributed by atoms with van der Waals surface area (Å²) in [4.78, 5) is 10.4. The van der Waals surface area contributed by atoms with E-state index in [4.69, 9.17) is 0 Å². The van der Waals surface area contributed by atoms with Gasteiger partial charge in [-0.15, -0.1) is 11.3 Å². The first-order valence-electron chi connectivity index (χ1n) is 7.20. The summed E-state index contributed by atoms with van der Waals surface area (Å²) in [5, 5.41) is 5.85. The van der Waals surface area contributed by atoms with E-state index in [2.05, 4.69) is 53.4 Å². The van der Waals surface area contributed by atoms with Crippen LogP contribution in [0.4, 0.5) is 0 Å². The molecule has 2 aromatic heterocycles. The normalized spacial score (nSPS) is 11.1. The van der Waals surface area contributed by atoms with Gasteiger partial charge in [0.05, 0.1) is 11.2 Å². The Morgan fingerprint density at radius 2 is 2.00 bits per heavy atom. The minimum Gasteiger partial charge on any atom is -0.310 e. The fourth-order valence-electron chi connectivity index (χ4n) is 2.40. The summed E-state index contributed by atoms with van der Waals surface area (Å²) in [6, 6.07) is 10.5. The topological polar surface area (TPSA) is 37.8 Å². The summed E-state index contributed by atoms with van der Waals surface area (Å²) in [6.07, 6.45) is 2.85. The van der Waals surface area contributed by atoms with Crippen molar-refractivity contribution in [1.82, 2.24) is 15.3 Å². The highest BCUT2D eigenvalue weighted by Gasteiger charge is 2.04. The maximum absolute atomic E-state index is 4.55. The van der Waals surface area contributed by atoms with Gasteiger partial charge in [0.1, 0.15) is 5.01 Å². The number of nitrogens with zero attached hydrogens (tertiary/aromatic N) is 2. The summed E-state index contributed by atoms with van der Waals surface area (Å²) in [5.41, 5.74) is 3.56. The number of hydrogen-bond donors (Lipinski definition) is 1. The molecule has 21 heavy (non-hydrogen) atoms. The number of pyridine rings is 1. The minimum atomic E-state index is 0.845. The Kier molecular flexibility index (Phi) is 4.27. The Morgan fingerprint density at radius 1 is 1.14 bits per heavy atom. The highest BCUT2D eigenvalue weighted by atomic mass is 32.1. The molecule has 2 heterocycles. The molecule has 0 spiro atoms. The molecule has 1 N–H and O–H groups in total. The molecule has 0 aliphatic carbocycles. The molecule has 108 valence electrons. The van der Waals surface area contributed by atoms with Crippen LogP contribution in [0, 0.1) is 13.8 Å². The largest absolute Gasteiger partial charge is 0.310 e. The fraction of sp³-hybridized carbons (Fsp3) is 0.294. The second kappa shape index (κ2) is 6.33. The maximum atomic E-state index is 4.55. The summed E-state index contributed by atoms with van der Waals surface area (Å²) >= 11 is 1.78. The number of para-hydroxylation sites is 1. The van der Waals surface area contributed by atoms with Gasteiger partial charge < -0.3 is 5.32 Å². The molecule has 0 saturated heterocycles. The van der Waals surface area contributed by atoms with E-state index < -0.39 is 0 Å². The van der Waals surface area contributed by atoms with Crippen molar-refractivity contribution >= 4 is 22.2 Å². The molecule has 0 aliphatic heterocycles. The summed E-state index contributed by atoms with van der Waals surface area (Å²) in [7, 11) is 0. The zero-order valence-corrected chi connectivity index (χ0v) is 13.2. The molecule has 0 fully saturated rings. The third kappa shape index (κ3) is 3.28. The van der Waals surface area contributed by atoms with Crippen LogP contribution < -0.4 is 5.32 Å². The number of hydrogen-bond acceptors (Lipinski definition) is 4. The molecule has 1 aromatic carbocycles. The smallest absolute Gasteiger partial charge is 0.107 e. The van der Waals surface area contributed by atoms with Crippen LogP contribution in [-0.2, 0) is 13.0 Å². The molecule has 0 amide bonds. The Bertz CT molecular complexity index is 724. The number of nitrogens with one attached hydrogen (secondary N) is 1. The van der Waals surface area contributed by atoms with Crippen LogP contribution >= 0.6 is 11.3 Å². The lowest BCUT2D eigenvalue weighted by molar-refractivity contribution is 0.684. The van der Waals surface area contributed by atoms with Gasteiger partial charge in [-0.1, -0.05) is 24.3 Å². The standard InChI is InChI=1S/C17H19N3S/c1-12-13(2)21-16(20-12)11-18-10-8-15-6-3-5-14-7-4-9-19-17(14)15/h3-7,9,18H,8,10-11H2,1-2H3. The summed E-state index contributed by atoms with van der Waals surface area (Å²) in [5.74, 6) is 0. The van der Waals surface area contributed by atoms with Gasteiger partial charge in [0, 0.05) is 23.0 Å². The van der Waals surface area contributed by atoms with Crippen LogP contribution in [0.2, 0.25) is 0 Å². The Labute approximate surface area is 129 Å². The van der Waals surface area contributed by atoms with Crippen molar-refractivity contribution in [2.75, 3.05) is 6.54 Å². The van der Waals surface area contributed by atoms with Crippen LogP contribution in [0.1, 0.15) is 21.1 Å². The highest BCUT2D eigenvalue weighted by Crippen LogP contribution is 2.17. The highest BCUT2D eigenvalue weighted by molar-refractivity contribution is 7.11. The summed E-state index contributed by atoms with van der Waals surface area (Å²) < 4.78 is 0.